The van der Waals surface area contributed by atoms with Gasteiger partial charge in [-0.05, 0) is 61.3 Å². The Hall–Kier alpha value is -0.0800. The summed E-state index contributed by atoms with van der Waals surface area (Å²) in [5.41, 5.74) is 0.555. The van der Waals surface area contributed by atoms with Gasteiger partial charge in [0.2, 0.25) is 0 Å². The van der Waals surface area contributed by atoms with Crippen LogP contribution >= 0.6 is 0 Å². The van der Waals surface area contributed by atoms with Crippen LogP contribution in [0.15, 0.2) is 0 Å². The third-order valence-corrected chi connectivity index (χ3v) is 8.28. The Kier molecular flexibility index (Phi) is 5.14. The smallest absolute Gasteiger partial charge is 0.0261 e. The van der Waals surface area contributed by atoms with Crippen molar-refractivity contribution < 1.29 is 0 Å². The molecule has 2 aliphatic carbocycles. The molecule has 3 fully saturated rings. The van der Waals surface area contributed by atoms with E-state index in [0.717, 1.165) is 47.7 Å². The van der Waals surface area contributed by atoms with Crippen molar-refractivity contribution in [1.29, 1.82) is 0 Å². The van der Waals surface area contributed by atoms with Crippen molar-refractivity contribution in [3.05, 3.63) is 0 Å². The quantitative estimate of drug-likeness (QED) is 0.709. The second-order valence-corrected chi connectivity index (χ2v) is 9.36. The third-order valence-electron chi connectivity index (χ3n) is 8.28. The van der Waals surface area contributed by atoms with Gasteiger partial charge in [0, 0.05) is 18.1 Å². The zero-order valence-electron chi connectivity index (χ0n) is 16.4. The van der Waals surface area contributed by atoms with Crippen LogP contribution in [0.4, 0.5) is 0 Å². The second kappa shape index (κ2) is 6.67. The normalized spacial score (nSPS) is 50.6. The maximum absolute atomic E-state index is 4.03. The zero-order valence-corrected chi connectivity index (χ0v) is 16.4. The number of nitrogens with one attached hydrogen (secondary N) is 2. The highest BCUT2D eigenvalue weighted by molar-refractivity contribution is 5.16. The van der Waals surface area contributed by atoms with Crippen LogP contribution in [0.25, 0.3) is 0 Å². The molecule has 3 rings (SSSR count). The molecular formula is C21H40N2. The first-order valence-corrected chi connectivity index (χ1v) is 10.4. The molecule has 0 aromatic rings. The van der Waals surface area contributed by atoms with Crippen LogP contribution in [0, 0.1) is 35.0 Å². The van der Waals surface area contributed by atoms with E-state index in [1.807, 2.05) is 0 Å². The molecule has 9 unspecified atom stereocenters. The van der Waals surface area contributed by atoms with Crippen molar-refractivity contribution in [3.8, 4) is 0 Å². The fraction of sp³-hybridized carbons (Fsp3) is 1.00. The van der Waals surface area contributed by atoms with Crippen molar-refractivity contribution in [3.63, 3.8) is 0 Å². The summed E-state index contributed by atoms with van der Waals surface area (Å²) in [6.07, 6.45) is 7.05. The van der Waals surface area contributed by atoms with Crippen LogP contribution in [0.3, 0.4) is 0 Å². The molecule has 1 saturated heterocycles. The minimum absolute atomic E-state index is 0.555. The first-order chi connectivity index (χ1) is 10.9. The molecule has 2 heteroatoms. The lowest BCUT2D eigenvalue weighted by Crippen LogP contribution is -2.33. The first-order valence-electron chi connectivity index (χ1n) is 10.4. The molecule has 9 atom stereocenters. The van der Waals surface area contributed by atoms with Gasteiger partial charge in [0.15, 0.2) is 0 Å². The maximum atomic E-state index is 4.03. The Balaban J connectivity index is 1.60. The van der Waals surface area contributed by atoms with Crippen molar-refractivity contribution >= 4 is 0 Å². The summed E-state index contributed by atoms with van der Waals surface area (Å²) in [5.74, 6) is 4.45. The molecule has 0 amide bonds. The Bertz CT molecular complexity index is 409. The number of hydrogen-bond acceptors (Lipinski definition) is 2. The highest BCUT2D eigenvalue weighted by Gasteiger charge is 2.64. The molecule has 0 aromatic carbocycles. The number of rotatable bonds is 6. The van der Waals surface area contributed by atoms with Crippen molar-refractivity contribution in [2.75, 3.05) is 6.54 Å². The molecule has 2 nitrogen and oxygen atoms in total. The maximum Gasteiger partial charge on any atom is 0.0261 e. The van der Waals surface area contributed by atoms with E-state index in [-0.39, 0.29) is 0 Å². The van der Waals surface area contributed by atoms with Gasteiger partial charge in [-0.2, -0.15) is 0 Å². The SMILES string of the molecule is CCC1CCC2C(NCC(CC)C3NC3C)C2(C)C(C)C(C)C1. The molecule has 0 bridgehead atoms. The van der Waals surface area contributed by atoms with E-state index in [2.05, 4.69) is 52.2 Å². The van der Waals surface area contributed by atoms with E-state index in [0.29, 0.717) is 5.41 Å². The summed E-state index contributed by atoms with van der Waals surface area (Å²) in [6.45, 7) is 15.9. The lowest BCUT2D eigenvalue weighted by Gasteiger charge is -2.33. The fourth-order valence-corrected chi connectivity index (χ4v) is 5.93. The molecule has 134 valence electrons. The van der Waals surface area contributed by atoms with Gasteiger partial charge >= 0.3 is 0 Å². The van der Waals surface area contributed by atoms with Gasteiger partial charge in [0.25, 0.3) is 0 Å². The summed E-state index contributed by atoms with van der Waals surface area (Å²) in [4.78, 5) is 0. The summed E-state index contributed by atoms with van der Waals surface area (Å²) in [5, 5.41) is 7.64. The zero-order chi connectivity index (χ0) is 16.8. The summed E-state index contributed by atoms with van der Waals surface area (Å²) < 4.78 is 0. The van der Waals surface area contributed by atoms with Crippen molar-refractivity contribution in [2.24, 2.45) is 35.0 Å². The van der Waals surface area contributed by atoms with Gasteiger partial charge in [-0.1, -0.05) is 53.9 Å². The van der Waals surface area contributed by atoms with E-state index in [1.54, 1.807) is 0 Å². The lowest BCUT2D eigenvalue weighted by molar-refractivity contribution is 0.169. The lowest BCUT2D eigenvalue weighted by atomic mass is 9.73. The van der Waals surface area contributed by atoms with Crippen LogP contribution in [-0.4, -0.2) is 24.7 Å². The van der Waals surface area contributed by atoms with Crippen molar-refractivity contribution in [1.82, 2.24) is 10.6 Å². The average Bonchev–Trinajstić information content (AvgIpc) is 3.40. The first kappa shape index (κ1) is 17.7. The van der Waals surface area contributed by atoms with Gasteiger partial charge < -0.3 is 10.6 Å². The summed E-state index contributed by atoms with van der Waals surface area (Å²) in [6, 6.07) is 2.29. The molecule has 1 heterocycles. The van der Waals surface area contributed by atoms with Gasteiger partial charge in [0.1, 0.15) is 0 Å². The minimum Gasteiger partial charge on any atom is -0.313 e. The predicted octanol–water partition coefficient (Wildman–Crippen LogP) is 4.45. The van der Waals surface area contributed by atoms with E-state index in [1.165, 1.54) is 38.6 Å². The average molecular weight is 321 g/mol. The Morgan fingerprint density at radius 3 is 2.43 bits per heavy atom. The van der Waals surface area contributed by atoms with Crippen LogP contribution in [0.1, 0.15) is 73.6 Å². The highest BCUT2D eigenvalue weighted by atomic mass is 15.2. The van der Waals surface area contributed by atoms with Gasteiger partial charge in [-0.15, -0.1) is 0 Å². The van der Waals surface area contributed by atoms with Crippen LogP contribution in [0.5, 0.6) is 0 Å². The highest BCUT2D eigenvalue weighted by Crippen LogP contribution is 2.63. The van der Waals surface area contributed by atoms with E-state index < -0.39 is 0 Å². The van der Waals surface area contributed by atoms with Crippen LogP contribution < -0.4 is 10.6 Å². The van der Waals surface area contributed by atoms with E-state index in [4.69, 9.17) is 0 Å². The standard InChI is InChI=1S/C21H40N2/c1-7-16-9-10-18-20(21(18,6)14(4)13(3)11-16)22-12-17(8-2)19-15(5)23-19/h13-20,22-23H,7-12H2,1-6H3. The Labute approximate surface area is 144 Å². The Morgan fingerprint density at radius 1 is 1.17 bits per heavy atom. The second-order valence-electron chi connectivity index (χ2n) is 9.36. The van der Waals surface area contributed by atoms with Crippen LogP contribution in [-0.2, 0) is 0 Å². The largest absolute Gasteiger partial charge is 0.313 e. The summed E-state index contributed by atoms with van der Waals surface area (Å²) >= 11 is 0. The van der Waals surface area contributed by atoms with Crippen molar-refractivity contribution in [2.45, 2.75) is 91.8 Å². The monoisotopic (exact) mass is 320 g/mol. The molecule has 0 spiro atoms. The number of hydrogen-bond donors (Lipinski definition) is 2. The molecule has 1 aliphatic heterocycles. The molecule has 3 aliphatic rings. The molecular weight excluding hydrogens is 280 g/mol. The molecule has 0 aromatic heterocycles. The van der Waals surface area contributed by atoms with Gasteiger partial charge in [0.05, 0.1) is 0 Å². The van der Waals surface area contributed by atoms with Gasteiger partial charge in [-0.3, -0.25) is 0 Å². The third kappa shape index (κ3) is 3.23. The Morgan fingerprint density at radius 2 is 1.87 bits per heavy atom. The predicted molar refractivity (Wildman–Crippen MR) is 99.5 cm³/mol. The number of fused-ring (bicyclic) bond motifs is 1. The van der Waals surface area contributed by atoms with Gasteiger partial charge in [-0.25, -0.2) is 0 Å². The summed E-state index contributed by atoms with van der Waals surface area (Å²) in [7, 11) is 0. The minimum atomic E-state index is 0.555. The molecule has 23 heavy (non-hydrogen) atoms. The van der Waals surface area contributed by atoms with Crippen LogP contribution in [0.2, 0.25) is 0 Å². The fourth-order valence-electron chi connectivity index (χ4n) is 5.93. The molecule has 0 radical (unpaired) electrons. The molecule has 2 saturated carbocycles. The van der Waals surface area contributed by atoms with E-state index in [9.17, 15) is 0 Å². The van der Waals surface area contributed by atoms with E-state index >= 15 is 0 Å². The molecule has 2 N–H and O–H groups in total. The topological polar surface area (TPSA) is 34.0 Å².